The first-order valence-corrected chi connectivity index (χ1v) is 7.65. The highest BCUT2D eigenvalue weighted by Gasteiger charge is 2.14. The molecule has 0 bridgehead atoms. The van der Waals surface area contributed by atoms with E-state index in [0.29, 0.717) is 6.10 Å². The summed E-state index contributed by atoms with van der Waals surface area (Å²) < 4.78 is 5.59. The lowest BCUT2D eigenvalue weighted by molar-refractivity contribution is 0.110. The van der Waals surface area contributed by atoms with Crippen molar-refractivity contribution < 1.29 is 4.74 Å². The van der Waals surface area contributed by atoms with Crippen LogP contribution in [-0.4, -0.2) is 35.8 Å². The van der Waals surface area contributed by atoms with Gasteiger partial charge in [-0.2, -0.15) is 0 Å². The van der Waals surface area contributed by atoms with Crippen molar-refractivity contribution in [2.24, 2.45) is 0 Å². The SMILES string of the molecule is CCc1ccc2nc(CCNCC3CCCO3)[nH]c2c1. The van der Waals surface area contributed by atoms with Crippen molar-refractivity contribution in [3.63, 3.8) is 0 Å². The van der Waals surface area contributed by atoms with Crippen LogP contribution in [0.3, 0.4) is 0 Å². The highest BCUT2D eigenvalue weighted by molar-refractivity contribution is 5.75. The third-order valence-corrected chi connectivity index (χ3v) is 3.94. The first kappa shape index (κ1) is 13.6. The maximum Gasteiger partial charge on any atom is 0.108 e. The molecule has 2 heterocycles. The van der Waals surface area contributed by atoms with Crippen LogP contribution in [0.1, 0.15) is 31.2 Å². The van der Waals surface area contributed by atoms with E-state index in [1.165, 1.54) is 18.4 Å². The number of rotatable bonds is 6. The van der Waals surface area contributed by atoms with Crippen LogP contribution in [0.5, 0.6) is 0 Å². The van der Waals surface area contributed by atoms with Crippen molar-refractivity contribution in [1.29, 1.82) is 0 Å². The van der Waals surface area contributed by atoms with Crippen LogP contribution >= 0.6 is 0 Å². The Morgan fingerprint density at radius 3 is 3.20 bits per heavy atom. The number of ether oxygens (including phenoxy) is 1. The van der Waals surface area contributed by atoms with Crippen molar-refractivity contribution in [2.75, 3.05) is 19.7 Å². The normalized spacial score (nSPS) is 18.9. The molecule has 1 aliphatic rings. The zero-order valence-electron chi connectivity index (χ0n) is 12.1. The Labute approximate surface area is 119 Å². The van der Waals surface area contributed by atoms with Gasteiger partial charge in [-0.25, -0.2) is 4.98 Å². The minimum Gasteiger partial charge on any atom is -0.377 e. The number of aromatic nitrogens is 2. The number of hydrogen-bond acceptors (Lipinski definition) is 3. The molecule has 0 aliphatic carbocycles. The van der Waals surface area contributed by atoms with Gasteiger partial charge in [-0.1, -0.05) is 13.0 Å². The van der Waals surface area contributed by atoms with E-state index in [2.05, 4.69) is 40.4 Å². The quantitative estimate of drug-likeness (QED) is 0.795. The van der Waals surface area contributed by atoms with E-state index in [4.69, 9.17) is 4.74 Å². The molecule has 1 aromatic heterocycles. The average Bonchev–Trinajstić information content (AvgIpc) is 3.11. The third kappa shape index (κ3) is 3.19. The van der Waals surface area contributed by atoms with Gasteiger partial charge in [0.05, 0.1) is 17.1 Å². The van der Waals surface area contributed by atoms with Gasteiger partial charge >= 0.3 is 0 Å². The maximum absolute atomic E-state index is 5.59. The zero-order valence-corrected chi connectivity index (χ0v) is 12.1. The van der Waals surface area contributed by atoms with Gasteiger partial charge in [0.2, 0.25) is 0 Å². The van der Waals surface area contributed by atoms with Crippen LogP contribution in [0.25, 0.3) is 11.0 Å². The van der Waals surface area contributed by atoms with Gasteiger partial charge in [0.15, 0.2) is 0 Å². The van der Waals surface area contributed by atoms with Crippen molar-refractivity contribution in [3.05, 3.63) is 29.6 Å². The molecule has 0 radical (unpaired) electrons. The molecule has 3 rings (SSSR count). The monoisotopic (exact) mass is 273 g/mol. The van der Waals surface area contributed by atoms with Crippen LogP contribution in [0.2, 0.25) is 0 Å². The molecule has 2 aromatic rings. The molecular weight excluding hydrogens is 250 g/mol. The second kappa shape index (κ2) is 6.37. The van der Waals surface area contributed by atoms with Crippen molar-refractivity contribution >= 4 is 11.0 Å². The Morgan fingerprint density at radius 2 is 2.40 bits per heavy atom. The summed E-state index contributed by atoms with van der Waals surface area (Å²) in [6.07, 6.45) is 4.81. The summed E-state index contributed by atoms with van der Waals surface area (Å²) in [4.78, 5) is 8.05. The summed E-state index contributed by atoms with van der Waals surface area (Å²) in [5.41, 5.74) is 3.57. The number of nitrogens with one attached hydrogen (secondary N) is 2. The van der Waals surface area contributed by atoms with E-state index in [9.17, 15) is 0 Å². The molecule has 0 saturated carbocycles. The van der Waals surface area contributed by atoms with Crippen LogP contribution in [-0.2, 0) is 17.6 Å². The highest BCUT2D eigenvalue weighted by Crippen LogP contribution is 2.14. The number of hydrogen-bond donors (Lipinski definition) is 2. The van der Waals surface area contributed by atoms with Crippen LogP contribution in [0, 0.1) is 0 Å². The van der Waals surface area contributed by atoms with E-state index in [1.54, 1.807) is 0 Å². The molecule has 1 aliphatic heterocycles. The highest BCUT2D eigenvalue weighted by atomic mass is 16.5. The fourth-order valence-corrected chi connectivity index (χ4v) is 2.72. The summed E-state index contributed by atoms with van der Waals surface area (Å²) in [5, 5.41) is 3.46. The first-order chi connectivity index (χ1) is 9.85. The van der Waals surface area contributed by atoms with Gasteiger partial charge in [0, 0.05) is 26.1 Å². The molecule has 0 amide bonds. The van der Waals surface area contributed by atoms with Gasteiger partial charge < -0.3 is 15.0 Å². The molecule has 0 spiro atoms. The number of imidazole rings is 1. The molecule has 1 fully saturated rings. The fourth-order valence-electron chi connectivity index (χ4n) is 2.72. The van der Waals surface area contributed by atoms with Crippen LogP contribution < -0.4 is 5.32 Å². The maximum atomic E-state index is 5.59. The predicted octanol–water partition coefficient (Wildman–Crippen LogP) is 2.44. The van der Waals surface area contributed by atoms with Gasteiger partial charge in [-0.15, -0.1) is 0 Å². The summed E-state index contributed by atoms with van der Waals surface area (Å²) in [6.45, 7) is 5.00. The van der Waals surface area contributed by atoms with Crippen molar-refractivity contribution in [3.8, 4) is 0 Å². The molecule has 1 unspecified atom stereocenters. The topological polar surface area (TPSA) is 49.9 Å². The average molecular weight is 273 g/mol. The fraction of sp³-hybridized carbons (Fsp3) is 0.562. The lowest BCUT2D eigenvalue weighted by Crippen LogP contribution is -2.28. The second-order valence-electron chi connectivity index (χ2n) is 5.48. The van der Waals surface area contributed by atoms with E-state index < -0.39 is 0 Å². The number of aromatic amines is 1. The lowest BCUT2D eigenvalue weighted by atomic mass is 10.1. The number of benzene rings is 1. The molecular formula is C16H23N3O. The molecule has 2 N–H and O–H groups in total. The Balaban J connectivity index is 1.52. The Hall–Kier alpha value is -1.39. The molecule has 108 valence electrons. The lowest BCUT2D eigenvalue weighted by Gasteiger charge is -2.09. The number of nitrogens with zero attached hydrogens (tertiary/aromatic N) is 1. The Morgan fingerprint density at radius 1 is 1.45 bits per heavy atom. The van der Waals surface area contributed by atoms with Gasteiger partial charge in [0.1, 0.15) is 5.82 Å². The summed E-state index contributed by atoms with van der Waals surface area (Å²) >= 11 is 0. The Kier molecular flexibility index (Phi) is 4.33. The largest absolute Gasteiger partial charge is 0.377 e. The van der Waals surface area contributed by atoms with Crippen LogP contribution in [0.4, 0.5) is 0 Å². The molecule has 1 aromatic carbocycles. The first-order valence-electron chi connectivity index (χ1n) is 7.65. The Bertz CT molecular complexity index is 558. The third-order valence-electron chi connectivity index (χ3n) is 3.94. The smallest absolute Gasteiger partial charge is 0.108 e. The standard InChI is InChI=1S/C16H23N3O/c1-2-12-5-6-14-15(10-12)19-16(18-14)7-8-17-11-13-4-3-9-20-13/h5-6,10,13,17H,2-4,7-9,11H2,1H3,(H,18,19). The van der Waals surface area contributed by atoms with Gasteiger partial charge in [0.25, 0.3) is 0 Å². The van der Waals surface area contributed by atoms with E-state index in [0.717, 1.165) is 49.4 Å². The predicted molar refractivity (Wildman–Crippen MR) is 81.0 cm³/mol. The summed E-state index contributed by atoms with van der Waals surface area (Å²) in [5.74, 6) is 1.06. The van der Waals surface area contributed by atoms with E-state index >= 15 is 0 Å². The molecule has 1 saturated heterocycles. The van der Waals surface area contributed by atoms with Gasteiger partial charge in [-0.05, 0) is 37.0 Å². The van der Waals surface area contributed by atoms with Crippen molar-refractivity contribution in [2.45, 2.75) is 38.7 Å². The van der Waals surface area contributed by atoms with Crippen molar-refractivity contribution in [1.82, 2.24) is 15.3 Å². The molecule has 20 heavy (non-hydrogen) atoms. The van der Waals surface area contributed by atoms with E-state index in [-0.39, 0.29) is 0 Å². The number of fused-ring (bicyclic) bond motifs is 1. The number of aryl methyl sites for hydroxylation is 1. The van der Waals surface area contributed by atoms with E-state index in [1.807, 2.05) is 0 Å². The molecule has 4 nitrogen and oxygen atoms in total. The second-order valence-corrected chi connectivity index (χ2v) is 5.48. The zero-order chi connectivity index (χ0) is 13.8. The number of H-pyrrole nitrogens is 1. The van der Waals surface area contributed by atoms with Gasteiger partial charge in [-0.3, -0.25) is 0 Å². The molecule has 1 atom stereocenters. The molecule has 4 heteroatoms. The summed E-state index contributed by atoms with van der Waals surface area (Å²) in [6, 6.07) is 6.46. The minimum absolute atomic E-state index is 0.415. The summed E-state index contributed by atoms with van der Waals surface area (Å²) in [7, 11) is 0. The minimum atomic E-state index is 0.415. The van der Waals surface area contributed by atoms with Crippen LogP contribution in [0.15, 0.2) is 18.2 Å².